The Morgan fingerprint density at radius 3 is 2.79 bits per heavy atom. The number of hydrogen-bond donors (Lipinski definition) is 2. The monoisotopic (exact) mass is 265 g/mol. The first-order valence-corrected chi connectivity index (χ1v) is 6.40. The number of nitrogens with two attached hydrogens (primary N) is 1. The van der Waals surface area contributed by atoms with Crippen molar-refractivity contribution in [1.82, 2.24) is 19.8 Å². The molecule has 0 aromatic carbocycles. The molecule has 1 aliphatic rings. The van der Waals surface area contributed by atoms with E-state index in [0.717, 1.165) is 19.5 Å². The highest BCUT2D eigenvalue weighted by molar-refractivity contribution is 5.92. The zero-order valence-electron chi connectivity index (χ0n) is 10.8. The van der Waals surface area contributed by atoms with Gasteiger partial charge in [-0.25, -0.2) is 9.97 Å². The van der Waals surface area contributed by atoms with Crippen molar-refractivity contribution in [3.8, 4) is 0 Å². The van der Waals surface area contributed by atoms with Gasteiger partial charge in [0.15, 0.2) is 0 Å². The molecule has 1 aromatic rings. The normalized spacial score (nSPS) is 17.2. The van der Waals surface area contributed by atoms with Crippen molar-refractivity contribution in [2.24, 2.45) is 0 Å². The van der Waals surface area contributed by atoms with Crippen LogP contribution in [0.5, 0.6) is 0 Å². The summed E-state index contributed by atoms with van der Waals surface area (Å²) in [6.07, 6.45) is 3.70. The van der Waals surface area contributed by atoms with Crippen LogP contribution in [-0.2, 0) is 0 Å². The molecule has 7 nitrogen and oxygen atoms in total. The fourth-order valence-electron chi connectivity index (χ4n) is 2.15. The van der Waals surface area contributed by atoms with Gasteiger partial charge < -0.3 is 15.7 Å². The number of β-amino-alcohol motifs (C(OH)–C–C–N with tert-alkyl or cyclic N) is 1. The van der Waals surface area contributed by atoms with E-state index in [4.69, 9.17) is 10.8 Å². The van der Waals surface area contributed by atoms with Crippen LogP contribution in [0.3, 0.4) is 0 Å². The van der Waals surface area contributed by atoms with Gasteiger partial charge in [0.1, 0.15) is 11.5 Å². The van der Waals surface area contributed by atoms with Gasteiger partial charge in [0.25, 0.3) is 5.91 Å². The first kappa shape index (κ1) is 13.7. The minimum Gasteiger partial charge on any atom is -0.395 e. The minimum absolute atomic E-state index is 0.113. The van der Waals surface area contributed by atoms with Crippen molar-refractivity contribution in [3.63, 3.8) is 0 Å². The molecule has 2 heterocycles. The molecule has 1 amide bonds. The number of aliphatic hydroxyl groups excluding tert-OH is 1. The van der Waals surface area contributed by atoms with Crippen LogP contribution in [0.1, 0.15) is 16.9 Å². The summed E-state index contributed by atoms with van der Waals surface area (Å²) in [5.74, 6) is 0.194. The highest BCUT2D eigenvalue weighted by atomic mass is 16.3. The van der Waals surface area contributed by atoms with E-state index >= 15 is 0 Å². The molecule has 0 spiro atoms. The van der Waals surface area contributed by atoms with Crippen molar-refractivity contribution in [2.45, 2.75) is 6.42 Å². The summed E-state index contributed by atoms with van der Waals surface area (Å²) in [6, 6.07) is 0. The molecule has 0 atom stereocenters. The molecule has 1 saturated heterocycles. The van der Waals surface area contributed by atoms with E-state index in [2.05, 4.69) is 14.9 Å². The van der Waals surface area contributed by atoms with Crippen molar-refractivity contribution in [1.29, 1.82) is 0 Å². The topological polar surface area (TPSA) is 95.6 Å². The zero-order chi connectivity index (χ0) is 13.7. The Balaban J connectivity index is 1.98. The molecule has 0 saturated carbocycles. The molecule has 0 bridgehead atoms. The first-order valence-electron chi connectivity index (χ1n) is 6.40. The predicted octanol–water partition coefficient (Wildman–Crippen LogP) is -0.801. The standard InChI is InChI=1S/C12H19N5O2/c13-11-9-14-10(8-15-11)12(19)17-3-1-2-16(4-5-17)6-7-18/h8-9,18H,1-7H2,(H2,13,15). The smallest absolute Gasteiger partial charge is 0.274 e. The van der Waals surface area contributed by atoms with E-state index in [1.807, 2.05) is 0 Å². The van der Waals surface area contributed by atoms with E-state index in [1.165, 1.54) is 12.4 Å². The SMILES string of the molecule is Nc1cnc(C(=O)N2CCCN(CCO)CC2)cn1. The number of aromatic nitrogens is 2. The van der Waals surface area contributed by atoms with Crippen molar-refractivity contribution in [2.75, 3.05) is 45.1 Å². The van der Waals surface area contributed by atoms with Gasteiger partial charge >= 0.3 is 0 Å². The van der Waals surface area contributed by atoms with Gasteiger partial charge in [-0.1, -0.05) is 0 Å². The quantitative estimate of drug-likeness (QED) is 0.743. The second-order valence-corrected chi connectivity index (χ2v) is 4.54. The lowest BCUT2D eigenvalue weighted by Crippen LogP contribution is -2.36. The van der Waals surface area contributed by atoms with E-state index in [9.17, 15) is 4.79 Å². The molecule has 0 unspecified atom stereocenters. The highest BCUT2D eigenvalue weighted by Crippen LogP contribution is 2.07. The lowest BCUT2D eigenvalue weighted by molar-refractivity contribution is 0.0754. The van der Waals surface area contributed by atoms with Crippen LogP contribution >= 0.6 is 0 Å². The van der Waals surface area contributed by atoms with E-state index in [-0.39, 0.29) is 12.5 Å². The fraction of sp³-hybridized carbons (Fsp3) is 0.583. The average Bonchev–Trinajstić information content (AvgIpc) is 2.65. The number of anilines is 1. The Morgan fingerprint density at radius 1 is 1.26 bits per heavy atom. The number of rotatable bonds is 3. The molecule has 1 fully saturated rings. The second-order valence-electron chi connectivity index (χ2n) is 4.54. The molecular formula is C12H19N5O2. The van der Waals surface area contributed by atoms with Crippen LogP contribution < -0.4 is 5.73 Å². The Labute approximate surface area is 112 Å². The summed E-state index contributed by atoms with van der Waals surface area (Å²) in [7, 11) is 0. The minimum atomic E-state index is -0.113. The van der Waals surface area contributed by atoms with Crippen LogP contribution in [0.4, 0.5) is 5.82 Å². The van der Waals surface area contributed by atoms with Gasteiger partial charge in [-0.3, -0.25) is 9.69 Å². The largest absolute Gasteiger partial charge is 0.395 e. The van der Waals surface area contributed by atoms with Gasteiger partial charge in [-0.05, 0) is 13.0 Å². The third-order valence-electron chi connectivity index (χ3n) is 3.18. The van der Waals surface area contributed by atoms with Gasteiger partial charge in [0.05, 0.1) is 19.0 Å². The number of nitrogens with zero attached hydrogens (tertiary/aromatic N) is 4. The zero-order valence-corrected chi connectivity index (χ0v) is 10.8. The van der Waals surface area contributed by atoms with Crippen LogP contribution in [0.2, 0.25) is 0 Å². The molecule has 104 valence electrons. The number of aliphatic hydroxyl groups is 1. The number of carbonyl (C=O) groups is 1. The number of nitrogen functional groups attached to an aromatic ring is 1. The van der Waals surface area contributed by atoms with Crippen LogP contribution in [0, 0.1) is 0 Å². The Bertz CT molecular complexity index is 423. The molecule has 7 heteroatoms. The van der Waals surface area contributed by atoms with Crippen molar-refractivity contribution in [3.05, 3.63) is 18.1 Å². The summed E-state index contributed by atoms with van der Waals surface area (Å²) in [6.45, 7) is 3.82. The van der Waals surface area contributed by atoms with E-state index in [0.29, 0.717) is 31.1 Å². The maximum Gasteiger partial charge on any atom is 0.274 e. The number of hydrogen-bond acceptors (Lipinski definition) is 6. The molecule has 1 aliphatic heterocycles. The maximum absolute atomic E-state index is 12.2. The Morgan fingerprint density at radius 2 is 2.11 bits per heavy atom. The highest BCUT2D eigenvalue weighted by Gasteiger charge is 2.21. The van der Waals surface area contributed by atoms with Gasteiger partial charge in [0, 0.05) is 26.2 Å². The van der Waals surface area contributed by atoms with Crippen molar-refractivity contribution < 1.29 is 9.90 Å². The molecule has 0 radical (unpaired) electrons. The lowest BCUT2D eigenvalue weighted by Gasteiger charge is -2.21. The van der Waals surface area contributed by atoms with Crippen LogP contribution in [-0.4, -0.2) is 70.1 Å². The van der Waals surface area contributed by atoms with Gasteiger partial charge in [-0.2, -0.15) is 0 Å². The molecule has 0 aliphatic carbocycles. The summed E-state index contributed by atoms with van der Waals surface area (Å²) in [5.41, 5.74) is 5.78. The predicted molar refractivity (Wildman–Crippen MR) is 70.5 cm³/mol. The molecule has 1 aromatic heterocycles. The third-order valence-corrected chi connectivity index (χ3v) is 3.18. The fourth-order valence-corrected chi connectivity index (χ4v) is 2.15. The summed E-state index contributed by atoms with van der Waals surface area (Å²) in [4.78, 5) is 24.1. The van der Waals surface area contributed by atoms with Crippen molar-refractivity contribution >= 4 is 11.7 Å². The van der Waals surface area contributed by atoms with Crippen LogP contribution in [0.15, 0.2) is 12.4 Å². The Hall–Kier alpha value is -1.73. The summed E-state index contributed by atoms with van der Waals surface area (Å²) in [5, 5.41) is 8.94. The molecule has 3 N–H and O–H groups in total. The third kappa shape index (κ3) is 3.62. The van der Waals surface area contributed by atoms with E-state index in [1.54, 1.807) is 4.90 Å². The Kier molecular flexibility index (Phi) is 4.64. The van der Waals surface area contributed by atoms with Gasteiger partial charge in [-0.15, -0.1) is 0 Å². The van der Waals surface area contributed by atoms with Gasteiger partial charge in [0.2, 0.25) is 0 Å². The maximum atomic E-state index is 12.2. The van der Waals surface area contributed by atoms with E-state index < -0.39 is 0 Å². The second kappa shape index (κ2) is 6.44. The summed E-state index contributed by atoms with van der Waals surface area (Å²) >= 11 is 0. The number of amides is 1. The summed E-state index contributed by atoms with van der Waals surface area (Å²) < 4.78 is 0. The number of carbonyl (C=O) groups excluding carboxylic acids is 1. The molecular weight excluding hydrogens is 246 g/mol. The first-order chi connectivity index (χ1) is 9.20. The van der Waals surface area contributed by atoms with Crippen LogP contribution in [0.25, 0.3) is 0 Å². The lowest BCUT2D eigenvalue weighted by atomic mass is 10.3. The molecule has 19 heavy (non-hydrogen) atoms. The average molecular weight is 265 g/mol. The molecule has 2 rings (SSSR count).